The molecule has 0 saturated carbocycles. The van der Waals surface area contributed by atoms with Gasteiger partial charge in [0.05, 0.1) is 35.0 Å². The lowest BCUT2D eigenvalue weighted by molar-refractivity contribution is 0.0204. The number of nitrogens with one attached hydrogen (secondary N) is 1. The lowest BCUT2D eigenvalue weighted by Gasteiger charge is -2.29. The van der Waals surface area contributed by atoms with Crippen LogP contribution in [0.2, 0.25) is 25.7 Å². The molecule has 4 heterocycles. The molecule has 5 aromatic rings. The van der Waals surface area contributed by atoms with Crippen molar-refractivity contribution in [1.82, 2.24) is 29.3 Å². The van der Waals surface area contributed by atoms with Crippen LogP contribution in [0.5, 0.6) is 0 Å². The number of fused-ring (bicyclic) bond motifs is 1. The van der Waals surface area contributed by atoms with Gasteiger partial charge in [-0.1, -0.05) is 74.2 Å². The van der Waals surface area contributed by atoms with Gasteiger partial charge >= 0.3 is 12.2 Å². The molecule has 2 unspecified atom stereocenters. The van der Waals surface area contributed by atoms with E-state index in [1.165, 1.54) is 4.90 Å². The maximum absolute atomic E-state index is 13.2. The smallest absolute Gasteiger partial charge is 0.410 e. The topological polar surface area (TPSA) is 126 Å². The van der Waals surface area contributed by atoms with Crippen molar-refractivity contribution in [3.8, 4) is 33.5 Å². The molecule has 0 bridgehead atoms. The van der Waals surface area contributed by atoms with Crippen molar-refractivity contribution in [2.24, 2.45) is 0 Å². The van der Waals surface area contributed by atoms with E-state index in [-0.39, 0.29) is 18.2 Å². The Hall–Kier alpha value is -4.94. The van der Waals surface area contributed by atoms with E-state index in [1.807, 2.05) is 37.9 Å². The van der Waals surface area contributed by atoms with Crippen molar-refractivity contribution in [1.29, 1.82) is 0 Å². The van der Waals surface area contributed by atoms with E-state index in [0.29, 0.717) is 32.3 Å². The summed E-state index contributed by atoms with van der Waals surface area (Å²) in [5.41, 5.74) is 7.49. The Balaban J connectivity index is 1.10. The quantitative estimate of drug-likeness (QED) is 0.108. The van der Waals surface area contributed by atoms with Gasteiger partial charge < -0.3 is 24.1 Å². The minimum atomic E-state index is -1.27. The van der Waals surface area contributed by atoms with Crippen LogP contribution < -0.4 is 0 Å². The first-order valence-corrected chi connectivity index (χ1v) is 22.8. The molecule has 284 valence electrons. The van der Waals surface area contributed by atoms with E-state index < -0.39 is 19.8 Å². The summed E-state index contributed by atoms with van der Waals surface area (Å²) in [6.45, 7) is 15.0. The number of rotatable bonds is 10. The number of carbonyl (C=O) groups excluding carboxylic acids is 1. The zero-order valence-electron chi connectivity index (χ0n) is 32.3. The molecular weight excluding hydrogens is 697 g/mol. The first-order chi connectivity index (χ1) is 25.7. The molecule has 2 aliphatic rings. The minimum Gasteiger partial charge on any atom is -0.465 e. The van der Waals surface area contributed by atoms with Crippen LogP contribution in [0.1, 0.15) is 70.2 Å². The molecule has 2 fully saturated rings. The highest BCUT2D eigenvalue weighted by Gasteiger charge is 2.36. The molecule has 2 N–H and O–H groups in total. The molecule has 2 atom stereocenters. The number of hydrogen-bond acceptors (Lipinski definition) is 6. The molecule has 2 amide bonds. The average Bonchev–Trinajstić information content (AvgIpc) is 3.94. The van der Waals surface area contributed by atoms with E-state index >= 15 is 0 Å². The third-order valence-corrected chi connectivity index (χ3v) is 12.0. The molecular formula is C42H52N6O5Si. The largest absolute Gasteiger partial charge is 0.465 e. The van der Waals surface area contributed by atoms with Crippen LogP contribution in [0.4, 0.5) is 9.59 Å². The third kappa shape index (κ3) is 8.24. The first-order valence-electron chi connectivity index (χ1n) is 19.1. The molecule has 7 rings (SSSR count). The molecule has 0 spiro atoms. The van der Waals surface area contributed by atoms with Gasteiger partial charge in [-0.05, 0) is 92.4 Å². The molecule has 0 radical (unpaired) electrons. The van der Waals surface area contributed by atoms with Crippen LogP contribution in [-0.2, 0) is 16.2 Å². The van der Waals surface area contributed by atoms with Crippen LogP contribution in [-0.4, -0.2) is 80.0 Å². The fourth-order valence-electron chi connectivity index (χ4n) is 7.47. The number of amides is 2. The Morgan fingerprint density at radius 3 is 2.07 bits per heavy atom. The van der Waals surface area contributed by atoms with Gasteiger partial charge in [-0.2, -0.15) is 0 Å². The molecule has 11 nitrogen and oxygen atoms in total. The summed E-state index contributed by atoms with van der Waals surface area (Å²) >= 11 is 0. The number of hydrogen-bond donors (Lipinski definition) is 2. The summed E-state index contributed by atoms with van der Waals surface area (Å²) in [7, 11) is -1.27. The second kappa shape index (κ2) is 15.1. The van der Waals surface area contributed by atoms with E-state index in [4.69, 9.17) is 19.4 Å². The zero-order valence-corrected chi connectivity index (χ0v) is 33.3. The molecule has 2 aromatic heterocycles. The summed E-state index contributed by atoms with van der Waals surface area (Å²) in [6, 6.07) is 23.8. The Morgan fingerprint density at radius 2 is 1.44 bits per heavy atom. The van der Waals surface area contributed by atoms with Gasteiger partial charge in [0.15, 0.2) is 0 Å². The van der Waals surface area contributed by atoms with Gasteiger partial charge in [-0.25, -0.2) is 19.6 Å². The number of ether oxygens (including phenoxy) is 2. The number of nitrogens with zero attached hydrogens (tertiary/aromatic N) is 5. The first kappa shape index (κ1) is 37.4. The Labute approximate surface area is 318 Å². The number of H-pyrrole nitrogens is 1. The van der Waals surface area contributed by atoms with Crippen molar-refractivity contribution in [2.45, 2.75) is 96.6 Å². The van der Waals surface area contributed by atoms with Crippen molar-refractivity contribution in [2.75, 3.05) is 19.7 Å². The van der Waals surface area contributed by atoms with Crippen LogP contribution in [0.3, 0.4) is 0 Å². The minimum absolute atomic E-state index is 0.183. The molecule has 12 heteroatoms. The highest BCUT2D eigenvalue weighted by Crippen LogP contribution is 2.36. The number of aromatic nitrogens is 4. The molecule has 54 heavy (non-hydrogen) atoms. The lowest BCUT2D eigenvalue weighted by Crippen LogP contribution is -2.37. The van der Waals surface area contributed by atoms with Gasteiger partial charge in [0.25, 0.3) is 0 Å². The number of imidazole rings is 2. The number of likely N-dealkylation sites (tertiary alicyclic amines) is 2. The third-order valence-electron chi connectivity index (χ3n) is 10.3. The second-order valence-corrected chi connectivity index (χ2v) is 22.4. The van der Waals surface area contributed by atoms with Crippen molar-refractivity contribution >= 4 is 31.3 Å². The number of carbonyl (C=O) groups is 2. The highest BCUT2D eigenvalue weighted by molar-refractivity contribution is 6.76. The molecule has 3 aromatic carbocycles. The van der Waals surface area contributed by atoms with Gasteiger partial charge in [0.1, 0.15) is 24.0 Å². The number of carboxylic acid groups (broad SMARTS) is 1. The van der Waals surface area contributed by atoms with Gasteiger partial charge in [-0.15, -0.1) is 0 Å². The molecule has 2 saturated heterocycles. The standard InChI is InChI=1S/C42H52N6O5Si/c1-42(2,3)53-41(51)47-22-8-10-36(47)39-43-26-37(48(39)27-52-23-24-54(4,5)6)31-17-15-29(16-18-31)28-11-13-30(14-12-28)32-19-20-33-34(25-32)45-38(44-33)35-9-7-21-46(35)40(49)50/h11-20,25-26,35-36H,7-10,21-24,27H2,1-6H3,(H,44,45)(H,49,50). The Kier molecular flexibility index (Phi) is 10.4. The summed E-state index contributed by atoms with van der Waals surface area (Å²) in [4.78, 5) is 41.2. The fraction of sp³-hybridized carbons (Fsp3) is 0.429. The summed E-state index contributed by atoms with van der Waals surface area (Å²) < 4.78 is 14.2. The van der Waals surface area contributed by atoms with Crippen LogP contribution in [0.25, 0.3) is 44.5 Å². The van der Waals surface area contributed by atoms with Crippen LogP contribution in [0, 0.1) is 0 Å². The van der Waals surface area contributed by atoms with Crippen molar-refractivity contribution in [3.63, 3.8) is 0 Å². The summed E-state index contributed by atoms with van der Waals surface area (Å²) in [5.74, 6) is 1.53. The van der Waals surface area contributed by atoms with Crippen LogP contribution in [0.15, 0.2) is 72.9 Å². The molecule has 2 aliphatic heterocycles. The number of aromatic amines is 1. The normalized spacial score (nSPS) is 17.8. The van der Waals surface area contributed by atoms with Crippen molar-refractivity contribution < 1.29 is 24.2 Å². The maximum Gasteiger partial charge on any atom is 0.410 e. The predicted molar refractivity (Wildman–Crippen MR) is 214 cm³/mol. The van der Waals surface area contributed by atoms with Crippen LogP contribution >= 0.6 is 0 Å². The van der Waals surface area contributed by atoms with E-state index in [1.54, 1.807) is 0 Å². The monoisotopic (exact) mass is 748 g/mol. The number of benzene rings is 3. The lowest BCUT2D eigenvalue weighted by atomic mass is 9.99. The van der Waals surface area contributed by atoms with E-state index in [2.05, 4.69) is 89.9 Å². The van der Waals surface area contributed by atoms with E-state index in [9.17, 15) is 14.7 Å². The Bertz CT molecular complexity index is 2110. The highest BCUT2D eigenvalue weighted by atomic mass is 28.3. The SMILES string of the molecule is CC(C)(C)OC(=O)N1CCCC1c1ncc(-c2ccc(-c3ccc(-c4ccc5nc(C6CCCN6C(=O)O)[nH]c5c4)cc3)cc2)n1COCC[Si](C)(C)C. The van der Waals surface area contributed by atoms with Gasteiger partial charge in [-0.3, -0.25) is 9.80 Å². The molecule has 0 aliphatic carbocycles. The second-order valence-electron chi connectivity index (χ2n) is 16.8. The van der Waals surface area contributed by atoms with Crippen molar-refractivity contribution in [3.05, 3.63) is 84.6 Å². The average molecular weight is 749 g/mol. The summed E-state index contributed by atoms with van der Waals surface area (Å²) in [6.07, 6.45) is 4.02. The Morgan fingerprint density at radius 1 is 0.852 bits per heavy atom. The fourth-order valence-corrected chi connectivity index (χ4v) is 8.22. The van der Waals surface area contributed by atoms with E-state index in [0.717, 1.165) is 82.1 Å². The summed E-state index contributed by atoms with van der Waals surface area (Å²) in [5, 5.41) is 9.60. The van der Waals surface area contributed by atoms with Gasteiger partial charge in [0, 0.05) is 27.8 Å². The predicted octanol–water partition coefficient (Wildman–Crippen LogP) is 9.96. The maximum atomic E-state index is 13.2. The van der Waals surface area contributed by atoms with Gasteiger partial charge in [0.2, 0.25) is 0 Å². The zero-order chi connectivity index (χ0) is 38.2.